The number of aryl methyl sites for hydroxylation is 4. The number of phenols is 1. The van der Waals surface area contributed by atoms with E-state index >= 15 is 0 Å². The van der Waals surface area contributed by atoms with Gasteiger partial charge < -0.3 is 10.8 Å². The van der Waals surface area contributed by atoms with Crippen molar-refractivity contribution in [3.63, 3.8) is 0 Å². The molecule has 0 unspecified atom stereocenters. The average Bonchev–Trinajstić information content (AvgIpc) is 2.34. The van der Waals surface area contributed by atoms with Gasteiger partial charge in [-0.3, -0.25) is 0 Å². The van der Waals surface area contributed by atoms with Crippen molar-refractivity contribution >= 4 is 5.69 Å². The minimum Gasteiger partial charge on any atom is -0.508 e. The Bertz CT molecular complexity index is 536. The van der Waals surface area contributed by atoms with E-state index in [-0.39, 0.29) is 0 Å². The van der Waals surface area contributed by atoms with E-state index in [2.05, 4.69) is 24.3 Å². The molecule has 4 bridgehead atoms. The standard InChI is InChI=1S/C16H17NO/c17-15-9-11-1-2-12-4-6-14(16(18)10-12)8-7-13(15)5-3-11/h3-6,9-10,18H,1-2,7-8,17H2. The van der Waals surface area contributed by atoms with Crippen LogP contribution in [0.25, 0.3) is 0 Å². The van der Waals surface area contributed by atoms with Crippen LogP contribution in [0.1, 0.15) is 22.3 Å². The van der Waals surface area contributed by atoms with Gasteiger partial charge in [-0.1, -0.05) is 24.3 Å². The first-order chi connectivity index (χ1) is 8.72. The lowest BCUT2D eigenvalue weighted by molar-refractivity contribution is 0.467. The Labute approximate surface area is 107 Å². The summed E-state index contributed by atoms with van der Waals surface area (Å²) in [5.74, 6) is 0.418. The molecule has 0 saturated heterocycles. The number of anilines is 1. The minimum atomic E-state index is 0.418. The molecule has 0 amide bonds. The van der Waals surface area contributed by atoms with Crippen molar-refractivity contribution in [2.75, 3.05) is 5.73 Å². The molecule has 2 aromatic carbocycles. The third-order valence-corrected chi connectivity index (χ3v) is 3.73. The van der Waals surface area contributed by atoms with Gasteiger partial charge >= 0.3 is 0 Å². The molecule has 0 aliphatic heterocycles. The molecule has 4 aliphatic carbocycles. The molecule has 0 aromatic heterocycles. The second-order valence-electron chi connectivity index (χ2n) is 5.00. The summed E-state index contributed by atoms with van der Waals surface area (Å²) < 4.78 is 0. The van der Waals surface area contributed by atoms with E-state index in [1.165, 1.54) is 16.7 Å². The van der Waals surface area contributed by atoms with Gasteiger partial charge in [-0.05, 0) is 60.1 Å². The number of nitrogen functional groups attached to an aromatic ring is 1. The first kappa shape index (κ1) is 11.1. The number of benzene rings is 2. The number of phenolic OH excluding ortho intramolecular Hbond substituents is 1. The fraction of sp³-hybridized carbons (Fsp3) is 0.250. The van der Waals surface area contributed by atoms with Gasteiger partial charge in [0.2, 0.25) is 0 Å². The average molecular weight is 239 g/mol. The van der Waals surface area contributed by atoms with Gasteiger partial charge in [-0.2, -0.15) is 0 Å². The predicted molar refractivity (Wildman–Crippen MR) is 73.8 cm³/mol. The van der Waals surface area contributed by atoms with Crippen LogP contribution in [0.2, 0.25) is 0 Å². The van der Waals surface area contributed by atoms with Crippen LogP contribution in [0.15, 0.2) is 36.4 Å². The van der Waals surface area contributed by atoms with E-state index < -0.39 is 0 Å². The zero-order valence-corrected chi connectivity index (χ0v) is 10.3. The van der Waals surface area contributed by atoms with Crippen LogP contribution in [0.3, 0.4) is 0 Å². The van der Waals surface area contributed by atoms with Crippen LogP contribution in [-0.2, 0) is 25.7 Å². The van der Waals surface area contributed by atoms with Crippen molar-refractivity contribution in [3.05, 3.63) is 58.7 Å². The second-order valence-corrected chi connectivity index (χ2v) is 5.00. The maximum Gasteiger partial charge on any atom is 0.119 e. The fourth-order valence-corrected chi connectivity index (χ4v) is 2.56. The highest BCUT2D eigenvalue weighted by molar-refractivity contribution is 5.50. The highest BCUT2D eigenvalue weighted by atomic mass is 16.3. The van der Waals surface area contributed by atoms with Crippen LogP contribution >= 0.6 is 0 Å². The van der Waals surface area contributed by atoms with Gasteiger partial charge in [-0.15, -0.1) is 0 Å². The molecular formula is C16H17NO. The predicted octanol–water partition coefficient (Wildman–Crippen LogP) is 2.86. The monoisotopic (exact) mass is 239 g/mol. The number of aromatic hydroxyl groups is 1. The maximum atomic E-state index is 9.99. The van der Waals surface area contributed by atoms with Crippen LogP contribution < -0.4 is 5.73 Å². The van der Waals surface area contributed by atoms with Gasteiger partial charge in [0.05, 0.1) is 0 Å². The Morgan fingerprint density at radius 3 is 2.06 bits per heavy atom. The van der Waals surface area contributed by atoms with Gasteiger partial charge in [-0.25, -0.2) is 0 Å². The molecule has 2 heteroatoms. The molecule has 0 atom stereocenters. The summed E-state index contributed by atoms with van der Waals surface area (Å²) in [6, 6.07) is 12.4. The molecule has 0 heterocycles. The second kappa shape index (κ2) is 4.37. The molecule has 2 nitrogen and oxygen atoms in total. The van der Waals surface area contributed by atoms with Crippen molar-refractivity contribution < 1.29 is 5.11 Å². The van der Waals surface area contributed by atoms with Gasteiger partial charge in [0.1, 0.15) is 5.75 Å². The van der Waals surface area contributed by atoms with Crippen LogP contribution in [-0.4, -0.2) is 5.11 Å². The molecular weight excluding hydrogens is 222 g/mol. The van der Waals surface area contributed by atoms with Crippen molar-refractivity contribution in [1.29, 1.82) is 0 Å². The summed E-state index contributed by atoms with van der Waals surface area (Å²) in [5.41, 5.74) is 11.6. The molecule has 6 rings (SSSR count). The van der Waals surface area contributed by atoms with Gasteiger partial charge in [0.15, 0.2) is 0 Å². The van der Waals surface area contributed by atoms with E-state index in [1.807, 2.05) is 12.1 Å². The topological polar surface area (TPSA) is 46.2 Å². The number of nitrogens with two attached hydrogens (primary N) is 1. The summed E-state index contributed by atoms with van der Waals surface area (Å²) in [6.07, 6.45) is 3.60. The Morgan fingerprint density at radius 2 is 1.39 bits per heavy atom. The molecule has 4 aliphatic rings. The number of hydrogen-bond donors (Lipinski definition) is 2. The van der Waals surface area contributed by atoms with Crippen LogP contribution in [0.4, 0.5) is 5.69 Å². The summed E-state index contributed by atoms with van der Waals surface area (Å²) in [7, 11) is 0. The smallest absolute Gasteiger partial charge is 0.119 e. The quantitative estimate of drug-likeness (QED) is 0.694. The molecule has 18 heavy (non-hydrogen) atoms. The summed E-state index contributed by atoms with van der Waals surface area (Å²) in [6.45, 7) is 0. The summed E-state index contributed by atoms with van der Waals surface area (Å²) >= 11 is 0. The van der Waals surface area contributed by atoms with Crippen molar-refractivity contribution in [2.45, 2.75) is 25.7 Å². The van der Waals surface area contributed by atoms with E-state index in [0.717, 1.165) is 36.9 Å². The molecule has 3 N–H and O–H groups in total. The van der Waals surface area contributed by atoms with E-state index in [4.69, 9.17) is 5.73 Å². The number of rotatable bonds is 0. The summed E-state index contributed by atoms with van der Waals surface area (Å²) in [5, 5.41) is 9.99. The zero-order valence-electron chi connectivity index (χ0n) is 10.3. The van der Waals surface area contributed by atoms with Gasteiger partial charge in [0, 0.05) is 5.69 Å². The minimum absolute atomic E-state index is 0.418. The Hall–Kier alpha value is -1.96. The normalized spacial score (nSPS) is 14.2. The number of hydrogen-bond acceptors (Lipinski definition) is 2. The summed E-state index contributed by atoms with van der Waals surface area (Å²) in [4.78, 5) is 0. The largest absolute Gasteiger partial charge is 0.508 e. The molecule has 92 valence electrons. The maximum absolute atomic E-state index is 9.99. The lowest BCUT2D eigenvalue weighted by Gasteiger charge is -2.13. The van der Waals surface area contributed by atoms with E-state index in [9.17, 15) is 5.11 Å². The highest BCUT2D eigenvalue weighted by Gasteiger charge is 2.08. The van der Waals surface area contributed by atoms with Gasteiger partial charge in [0.25, 0.3) is 0 Å². The van der Waals surface area contributed by atoms with Crippen molar-refractivity contribution in [3.8, 4) is 5.75 Å². The van der Waals surface area contributed by atoms with E-state index in [1.54, 1.807) is 0 Å². The van der Waals surface area contributed by atoms with Crippen molar-refractivity contribution in [1.82, 2.24) is 0 Å². The SMILES string of the molecule is Nc1cc2ccc1CCc1ccc(cc1O)CC2. The first-order valence-electron chi connectivity index (χ1n) is 6.40. The lowest BCUT2D eigenvalue weighted by atomic mass is 9.95. The highest BCUT2D eigenvalue weighted by Crippen LogP contribution is 2.25. The first-order valence-corrected chi connectivity index (χ1v) is 6.40. The molecule has 0 spiro atoms. The molecule has 0 radical (unpaired) electrons. The lowest BCUT2D eigenvalue weighted by Crippen LogP contribution is -2.02. The molecule has 0 saturated carbocycles. The van der Waals surface area contributed by atoms with Crippen LogP contribution in [0.5, 0.6) is 5.75 Å². The Balaban J connectivity index is 2.04. The third kappa shape index (κ3) is 2.06. The Morgan fingerprint density at radius 1 is 0.778 bits per heavy atom. The van der Waals surface area contributed by atoms with E-state index in [0.29, 0.717) is 5.75 Å². The zero-order chi connectivity index (χ0) is 12.5. The molecule has 0 fully saturated rings. The Kier molecular flexibility index (Phi) is 2.71. The third-order valence-electron chi connectivity index (χ3n) is 3.73. The van der Waals surface area contributed by atoms with Crippen molar-refractivity contribution in [2.24, 2.45) is 0 Å². The molecule has 2 aromatic rings. The van der Waals surface area contributed by atoms with Crippen LogP contribution in [0, 0.1) is 0 Å². The fourth-order valence-electron chi connectivity index (χ4n) is 2.56.